The smallest absolute Gasteiger partial charge is 0.125 e. The van der Waals surface area contributed by atoms with Crippen LogP contribution >= 0.6 is 0 Å². The van der Waals surface area contributed by atoms with E-state index < -0.39 is 0 Å². The second-order valence-electron chi connectivity index (χ2n) is 16.5. The van der Waals surface area contributed by atoms with Crippen LogP contribution in [-0.2, 0) is 0 Å². The van der Waals surface area contributed by atoms with Crippen LogP contribution < -0.4 is 9.80 Å². The number of anilines is 6. The molecule has 0 bridgehead atoms. The van der Waals surface area contributed by atoms with Crippen LogP contribution in [0.5, 0.6) is 0 Å². The SMILES string of the molecule is Fc1cccc(N(c2ccc(-c3ccc(N(c4cccc(F)c4)c4ccc5c(c4)c4ccccc4n5-c4ccccc4)cc3)cc2)c2ccc3c(c2)c2ccccc2n3-c2ccccc2)c1. The summed E-state index contributed by atoms with van der Waals surface area (Å²) in [4.78, 5) is 4.21. The minimum atomic E-state index is -0.304. The molecule has 0 unspecified atom stereocenters. The second kappa shape index (κ2) is 16.1. The number of fused-ring (bicyclic) bond motifs is 6. The highest BCUT2D eigenvalue weighted by atomic mass is 19.1. The summed E-state index contributed by atoms with van der Waals surface area (Å²) < 4.78 is 34.5. The van der Waals surface area contributed by atoms with Crippen molar-refractivity contribution >= 4 is 77.7 Å². The monoisotopic (exact) mass is 854 g/mol. The lowest BCUT2D eigenvalue weighted by molar-refractivity contribution is 0.627. The summed E-state index contributed by atoms with van der Waals surface area (Å²) in [5.74, 6) is -0.607. The number of hydrogen-bond acceptors (Lipinski definition) is 2. The molecule has 12 rings (SSSR count). The Morgan fingerprint density at radius 1 is 0.258 bits per heavy atom. The molecule has 2 heterocycles. The van der Waals surface area contributed by atoms with Crippen molar-refractivity contribution in [1.29, 1.82) is 0 Å². The Kier molecular flexibility index (Phi) is 9.50. The predicted molar refractivity (Wildman–Crippen MR) is 270 cm³/mol. The van der Waals surface area contributed by atoms with Crippen LogP contribution in [0, 0.1) is 11.6 Å². The molecule has 12 aromatic rings. The van der Waals surface area contributed by atoms with Crippen molar-refractivity contribution in [3.63, 3.8) is 0 Å². The number of para-hydroxylation sites is 4. The van der Waals surface area contributed by atoms with E-state index in [4.69, 9.17) is 0 Å². The molecule has 0 aliphatic carbocycles. The maximum absolute atomic E-state index is 15.0. The zero-order chi connectivity index (χ0) is 44.1. The average molecular weight is 855 g/mol. The summed E-state index contributed by atoms with van der Waals surface area (Å²) >= 11 is 0. The van der Waals surface area contributed by atoms with Gasteiger partial charge in [-0.05, 0) is 145 Å². The Hall–Kier alpha value is -8.74. The van der Waals surface area contributed by atoms with Gasteiger partial charge in [-0.2, -0.15) is 0 Å². The topological polar surface area (TPSA) is 16.3 Å². The lowest BCUT2D eigenvalue weighted by Gasteiger charge is -2.26. The van der Waals surface area contributed by atoms with Gasteiger partial charge < -0.3 is 18.9 Å². The minimum Gasteiger partial charge on any atom is -0.310 e. The largest absolute Gasteiger partial charge is 0.310 e. The molecule has 0 fully saturated rings. The van der Waals surface area contributed by atoms with Crippen molar-refractivity contribution in [2.24, 2.45) is 0 Å². The molecule has 4 nitrogen and oxygen atoms in total. The van der Waals surface area contributed by atoms with Crippen molar-refractivity contribution in [2.45, 2.75) is 0 Å². The van der Waals surface area contributed by atoms with Gasteiger partial charge in [0.25, 0.3) is 0 Å². The molecule has 10 aromatic carbocycles. The van der Waals surface area contributed by atoms with Gasteiger partial charge >= 0.3 is 0 Å². The summed E-state index contributed by atoms with van der Waals surface area (Å²) in [6.07, 6.45) is 0. The summed E-state index contributed by atoms with van der Waals surface area (Å²) in [5.41, 5.74) is 13.7. The van der Waals surface area contributed by atoms with Crippen molar-refractivity contribution in [3.8, 4) is 22.5 Å². The zero-order valence-corrected chi connectivity index (χ0v) is 35.6. The molecule has 0 amide bonds. The summed E-state index contributed by atoms with van der Waals surface area (Å²) in [7, 11) is 0. The molecule has 0 saturated carbocycles. The van der Waals surface area contributed by atoms with E-state index in [0.29, 0.717) is 0 Å². The van der Waals surface area contributed by atoms with Gasteiger partial charge in [-0.25, -0.2) is 8.78 Å². The van der Waals surface area contributed by atoms with Crippen LogP contribution in [0.4, 0.5) is 42.9 Å². The van der Waals surface area contributed by atoms with Crippen LogP contribution in [0.15, 0.2) is 243 Å². The lowest BCUT2D eigenvalue weighted by Crippen LogP contribution is -2.10. The Balaban J connectivity index is 0.914. The number of hydrogen-bond donors (Lipinski definition) is 0. The van der Waals surface area contributed by atoms with E-state index in [2.05, 4.69) is 201 Å². The lowest BCUT2D eigenvalue weighted by atomic mass is 10.0. The first-order chi connectivity index (χ1) is 32.6. The van der Waals surface area contributed by atoms with Gasteiger partial charge in [0.15, 0.2) is 0 Å². The van der Waals surface area contributed by atoms with Crippen LogP contribution in [0.2, 0.25) is 0 Å². The number of aromatic nitrogens is 2. The molecular formula is C60H40F2N4. The van der Waals surface area contributed by atoms with Gasteiger partial charge in [0.2, 0.25) is 0 Å². The maximum atomic E-state index is 15.0. The molecule has 6 heteroatoms. The van der Waals surface area contributed by atoms with Gasteiger partial charge in [-0.1, -0.05) is 109 Å². The van der Waals surface area contributed by atoms with E-state index in [-0.39, 0.29) is 11.6 Å². The maximum Gasteiger partial charge on any atom is 0.125 e. The van der Waals surface area contributed by atoms with E-state index in [1.807, 2.05) is 24.3 Å². The Morgan fingerprint density at radius 2 is 0.606 bits per heavy atom. The molecule has 0 saturated heterocycles. The fraction of sp³-hybridized carbons (Fsp3) is 0. The summed E-state index contributed by atoms with van der Waals surface area (Å²) in [6, 6.07) is 81.0. The molecule has 2 aromatic heterocycles. The van der Waals surface area contributed by atoms with Gasteiger partial charge in [0.1, 0.15) is 11.6 Å². The van der Waals surface area contributed by atoms with Gasteiger partial charge in [-0.15, -0.1) is 0 Å². The van der Waals surface area contributed by atoms with E-state index in [1.54, 1.807) is 24.3 Å². The molecule has 0 N–H and O–H groups in total. The van der Waals surface area contributed by atoms with Crippen molar-refractivity contribution in [3.05, 3.63) is 254 Å². The molecule has 0 aliphatic rings. The highest BCUT2D eigenvalue weighted by Crippen LogP contribution is 2.43. The molecule has 0 atom stereocenters. The molecule has 0 radical (unpaired) electrons. The Bertz CT molecular complexity index is 3480. The minimum absolute atomic E-state index is 0.304. The predicted octanol–water partition coefficient (Wildman–Crippen LogP) is 16.8. The summed E-state index contributed by atoms with van der Waals surface area (Å²) in [5, 5.41) is 4.50. The molecule has 0 aliphatic heterocycles. The molecular weight excluding hydrogens is 815 g/mol. The third-order valence-corrected chi connectivity index (χ3v) is 12.6. The van der Waals surface area contributed by atoms with Crippen LogP contribution in [0.25, 0.3) is 66.1 Å². The zero-order valence-electron chi connectivity index (χ0n) is 35.6. The molecule has 0 spiro atoms. The average Bonchev–Trinajstić information content (AvgIpc) is 3.88. The number of nitrogens with zero attached hydrogens (tertiary/aromatic N) is 4. The fourth-order valence-corrected chi connectivity index (χ4v) is 9.64. The van der Waals surface area contributed by atoms with E-state index in [1.165, 1.54) is 12.1 Å². The second-order valence-corrected chi connectivity index (χ2v) is 16.5. The van der Waals surface area contributed by atoms with Gasteiger partial charge in [-0.3, -0.25) is 0 Å². The first-order valence-corrected chi connectivity index (χ1v) is 22.0. The van der Waals surface area contributed by atoms with Crippen molar-refractivity contribution in [1.82, 2.24) is 9.13 Å². The van der Waals surface area contributed by atoms with Crippen molar-refractivity contribution < 1.29 is 8.78 Å². The van der Waals surface area contributed by atoms with E-state index >= 15 is 0 Å². The quantitative estimate of drug-likeness (QED) is 0.144. The van der Waals surface area contributed by atoms with Crippen LogP contribution in [0.3, 0.4) is 0 Å². The van der Waals surface area contributed by atoms with Crippen LogP contribution in [-0.4, -0.2) is 9.13 Å². The normalized spacial score (nSPS) is 11.5. The molecule has 66 heavy (non-hydrogen) atoms. The summed E-state index contributed by atoms with van der Waals surface area (Å²) in [6.45, 7) is 0. The third kappa shape index (κ3) is 6.75. The van der Waals surface area contributed by atoms with E-state index in [0.717, 1.165) is 100 Å². The number of rotatable bonds is 9. The first-order valence-electron chi connectivity index (χ1n) is 22.0. The highest BCUT2D eigenvalue weighted by molar-refractivity contribution is 6.12. The Labute approximate surface area is 380 Å². The Morgan fingerprint density at radius 3 is 1.02 bits per heavy atom. The third-order valence-electron chi connectivity index (χ3n) is 12.6. The van der Waals surface area contributed by atoms with Crippen LogP contribution in [0.1, 0.15) is 0 Å². The van der Waals surface area contributed by atoms with Crippen molar-refractivity contribution in [2.75, 3.05) is 9.80 Å². The number of halogens is 2. The highest BCUT2D eigenvalue weighted by Gasteiger charge is 2.20. The van der Waals surface area contributed by atoms with Gasteiger partial charge in [0.05, 0.1) is 22.1 Å². The fourth-order valence-electron chi connectivity index (χ4n) is 9.64. The first kappa shape index (κ1) is 38.9. The van der Waals surface area contributed by atoms with E-state index in [9.17, 15) is 8.78 Å². The standard InChI is InChI=1S/C60H40F2N4/c61-43-13-11-19-49(37-43)63(51-33-35-59-55(39-51)53-21-7-9-23-57(53)65(59)45-15-3-1-4-16-45)47-29-25-41(26-30-47)42-27-31-48(32-28-42)64(50-20-12-14-44(62)38-50)52-34-36-60-56(40-52)54-22-8-10-24-58(54)66(60)46-17-5-2-6-18-46/h1-40H. The molecule has 314 valence electrons. The van der Waals surface area contributed by atoms with Gasteiger partial charge in [0, 0.05) is 67.0 Å². The number of benzene rings is 10.